The number of rotatable bonds is 6. The number of para-hydroxylation sites is 2. The van der Waals surface area contributed by atoms with Gasteiger partial charge in [0, 0.05) is 11.3 Å². The highest BCUT2D eigenvalue weighted by molar-refractivity contribution is 5.97. The summed E-state index contributed by atoms with van der Waals surface area (Å²) in [6.45, 7) is 0.488. The van der Waals surface area contributed by atoms with Gasteiger partial charge in [-0.3, -0.25) is 4.79 Å². The number of nitrogens with one attached hydrogen (secondary N) is 1. The maximum Gasteiger partial charge on any atom is 0.305 e. The SMILES string of the molecule is COc1ccccc1CN1C(=NC2Cc3ccccc3C2)Nc2ccccc2C1CC(=O)O. The van der Waals surface area contributed by atoms with Crippen molar-refractivity contribution in [1.29, 1.82) is 0 Å². The number of aliphatic imine (C=N–C) groups is 1. The van der Waals surface area contributed by atoms with E-state index < -0.39 is 5.97 Å². The van der Waals surface area contributed by atoms with E-state index >= 15 is 0 Å². The number of aliphatic carboxylic acids is 1. The van der Waals surface area contributed by atoms with Crippen LogP contribution < -0.4 is 10.1 Å². The van der Waals surface area contributed by atoms with Gasteiger partial charge in [-0.15, -0.1) is 0 Å². The Hall–Kier alpha value is -3.80. The standard InChI is InChI=1S/C27H27N3O3/c1-33-25-13-7-4-10-20(25)17-30-24(16-26(31)32)22-11-5-6-12-23(22)29-27(30)28-21-14-18-8-2-3-9-19(18)15-21/h2-13,21,24H,14-17H2,1H3,(H,28,29)(H,31,32). The molecule has 1 heterocycles. The Morgan fingerprint density at radius 2 is 1.70 bits per heavy atom. The van der Waals surface area contributed by atoms with Crippen LogP contribution in [-0.4, -0.2) is 35.1 Å². The van der Waals surface area contributed by atoms with Crippen LogP contribution in [-0.2, 0) is 24.2 Å². The number of carboxylic acid groups (broad SMARTS) is 1. The van der Waals surface area contributed by atoms with E-state index in [4.69, 9.17) is 9.73 Å². The van der Waals surface area contributed by atoms with Crippen LogP contribution >= 0.6 is 0 Å². The highest BCUT2D eigenvalue weighted by Crippen LogP contribution is 2.37. The van der Waals surface area contributed by atoms with Crippen molar-refractivity contribution in [1.82, 2.24) is 4.90 Å². The van der Waals surface area contributed by atoms with E-state index in [1.165, 1.54) is 11.1 Å². The second-order valence-electron chi connectivity index (χ2n) is 8.55. The lowest BCUT2D eigenvalue weighted by Gasteiger charge is -2.40. The predicted molar refractivity (Wildman–Crippen MR) is 129 cm³/mol. The summed E-state index contributed by atoms with van der Waals surface area (Å²) >= 11 is 0. The van der Waals surface area contributed by atoms with E-state index in [0.29, 0.717) is 12.5 Å². The predicted octanol–water partition coefficient (Wildman–Crippen LogP) is 4.66. The van der Waals surface area contributed by atoms with Gasteiger partial charge in [0.2, 0.25) is 0 Å². The maximum absolute atomic E-state index is 11.9. The molecule has 6 nitrogen and oxygen atoms in total. The van der Waals surface area contributed by atoms with Crippen molar-refractivity contribution in [3.63, 3.8) is 0 Å². The number of nitrogens with zero attached hydrogens (tertiary/aromatic N) is 2. The van der Waals surface area contributed by atoms with Gasteiger partial charge >= 0.3 is 5.97 Å². The molecule has 2 N–H and O–H groups in total. The third kappa shape index (κ3) is 4.29. The first kappa shape index (κ1) is 21.1. The molecule has 1 aliphatic carbocycles. The summed E-state index contributed by atoms with van der Waals surface area (Å²) in [7, 11) is 1.65. The van der Waals surface area contributed by atoms with Crippen LogP contribution in [0.1, 0.15) is 34.7 Å². The Morgan fingerprint density at radius 3 is 2.42 bits per heavy atom. The van der Waals surface area contributed by atoms with Gasteiger partial charge in [0.15, 0.2) is 5.96 Å². The summed E-state index contributed by atoms with van der Waals surface area (Å²) in [4.78, 5) is 19.1. The van der Waals surface area contributed by atoms with E-state index in [9.17, 15) is 9.90 Å². The molecule has 0 saturated carbocycles. The number of hydrogen-bond donors (Lipinski definition) is 2. The van der Waals surface area contributed by atoms with Crippen molar-refractivity contribution in [2.45, 2.75) is 37.9 Å². The molecule has 0 bridgehead atoms. The Labute approximate surface area is 193 Å². The average Bonchev–Trinajstić information content (AvgIpc) is 3.23. The first-order chi connectivity index (χ1) is 16.1. The molecule has 1 aliphatic heterocycles. The largest absolute Gasteiger partial charge is 0.496 e. The summed E-state index contributed by atoms with van der Waals surface area (Å²) in [6, 6.07) is 24.0. The van der Waals surface area contributed by atoms with Gasteiger partial charge in [-0.05, 0) is 41.7 Å². The number of methoxy groups -OCH3 is 1. The number of ether oxygens (including phenoxy) is 1. The first-order valence-electron chi connectivity index (χ1n) is 11.2. The summed E-state index contributed by atoms with van der Waals surface area (Å²) < 4.78 is 5.58. The van der Waals surface area contributed by atoms with Crippen LogP contribution in [0, 0.1) is 0 Å². The number of benzene rings is 3. The number of carboxylic acids is 1. The molecule has 0 saturated heterocycles. The van der Waals surface area contributed by atoms with Crippen LogP contribution in [0.5, 0.6) is 5.75 Å². The maximum atomic E-state index is 11.9. The molecule has 0 radical (unpaired) electrons. The van der Waals surface area contributed by atoms with Crippen LogP contribution in [0.2, 0.25) is 0 Å². The van der Waals surface area contributed by atoms with E-state index in [0.717, 1.165) is 35.4 Å². The monoisotopic (exact) mass is 441 g/mol. The summed E-state index contributed by atoms with van der Waals surface area (Å²) in [6.07, 6.45) is 1.75. The minimum atomic E-state index is -0.839. The molecule has 3 aromatic carbocycles. The summed E-state index contributed by atoms with van der Waals surface area (Å²) in [5.41, 5.74) is 5.53. The first-order valence-corrected chi connectivity index (χ1v) is 11.2. The van der Waals surface area contributed by atoms with Crippen LogP contribution in [0.4, 0.5) is 5.69 Å². The molecule has 168 valence electrons. The van der Waals surface area contributed by atoms with Crippen molar-refractivity contribution >= 4 is 17.6 Å². The number of carbonyl (C=O) groups is 1. The topological polar surface area (TPSA) is 74.2 Å². The van der Waals surface area contributed by atoms with Gasteiger partial charge in [0.1, 0.15) is 5.75 Å². The van der Waals surface area contributed by atoms with Crippen molar-refractivity contribution < 1.29 is 14.6 Å². The van der Waals surface area contributed by atoms with Gasteiger partial charge in [-0.1, -0.05) is 60.7 Å². The lowest BCUT2D eigenvalue weighted by atomic mass is 9.97. The van der Waals surface area contributed by atoms with Crippen LogP contribution in [0.25, 0.3) is 0 Å². The average molecular weight is 442 g/mol. The zero-order chi connectivity index (χ0) is 22.8. The third-order valence-corrected chi connectivity index (χ3v) is 6.45. The Balaban J connectivity index is 1.55. The second kappa shape index (κ2) is 8.98. The molecule has 33 heavy (non-hydrogen) atoms. The van der Waals surface area contributed by atoms with Crippen LogP contribution in [0.15, 0.2) is 77.8 Å². The second-order valence-corrected chi connectivity index (χ2v) is 8.55. The summed E-state index contributed by atoms with van der Waals surface area (Å²) in [5.74, 6) is 0.649. The minimum absolute atomic E-state index is 0.0161. The summed E-state index contributed by atoms with van der Waals surface area (Å²) in [5, 5.41) is 13.3. The molecule has 1 atom stereocenters. The number of fused-ring (bicyclic) bond motifs is 2. The highest BCUT2D eigenvalue weighted by Gasteiger charge is 2.34. The Bertz CT molecular complexity index is 1180. The fraction of sp³-hybridized carbons (Fsp3) is 0.259. The number of hydrogen-bond acceptors (Lipinski definition) is 3. The molecule has 0 spiro atoms. The van der Waals surface area contributed by atoms with E-state index in [2.05, 4.69) is 34.5 Å². The smallest absolute Gasteiger partial charge is 0.305 e. The zero-order valence-electron chi connectivity index (χ0n) is 18.6. The fourth-order valence-corrected chi connectivity index (χ4v) is 4.90. The zero-order valence-corrected chi connectivity index (χ0v) is 18.6. The molecule has 6 heteroatoms. The quantitative estimate of drug-likeness (QED) is 0.582. The normalized spacial score (nSPS) is 18.5. The van der Waals surface area contributed by atoms with Crippen molar-refractivity contribution in [2.24, 2.45) is 4.99 Å². The molecule has 3 aromatic rings. The van der Waals surface area contributed by atoms with Crippen molar-refractivity contribution in [3.8, 4) is 5.75 Å². The Kier molecular flexibility index (Phi) is 5.73. The molecule has 0 aromatic heterocycles. The van der Waals surface area contributed by atoms with E-state index in [1.807, 2.05) is 48.5 Å². The van der Waals surface area contributed by atoms with Gasteiger partial charge in [0.25, 0.3) is 0 Å². The third-order valence-electron chi connectivity index (χ3n) is 6.45. The molecule has 1 unspecified atom stereocenters. The fourth-order valence-electron chi connectivity index (χ4n) is 4.90. The molecule has 0 fully saturated rings. The van der Waals surface area contributed by atoms with E-state index in [1.54, 1.807) is 7.11 Å². The molecule has 0 amide bonds. The molecule has 5 rings (SSSR count). The van der Waals surface area contributed by atoms with Gasteiger partial charge < -0.3 is 20.1 Å². The molecular weight excluding hydrogens is 414 g/mol. The van der Waals surface area contributed by atoms with Crippen LogP contribution in [0.3, 0.4) is 0 Å². The van der Waals surface area contributed by atoms with Crippen molar-refractivity contribution in [3.05, 3.63) is 95.1 Å². The van der Waals surface area contributed by atoms with E-state index in [-0.39, 0.29) is 18.5 Å². The van der Waals surface area contributed by atoms with Gasteiger partial charge in [-0.25, -0.2) is 4.99 Å². The van der Waals surface area contributed by atoms with Gasteiger partial charge in [0.05, 0.1) is 32.2 Å². The minimum Gasteiger partial charge on any atom is -0.496 e. The molecule has 2 aliphatic rings. The van der Waals surface area contributed by atoms with Crippen molar-refractivity contribution in [2.75, 3.05) is 12.4 Å². The lowest BCUT2D eigenvalue weighted by molar-refractivity contribution is -0.138. The molecular formula is C27H27N3O3. The number of anilines is 1. The highest BCUT2D eigenvalue weighted by atomic mass is 16.5. The Morgan fingerprint density at radius 1 is 1.03 bits per heavy atom. The number of guanidine groups is 1. The van der Waals surface area contributed by atoms with Gasteiger partial charge in [-0.2, -0.15) is 0 Å². The lowest BCUT2D eigenvalue weighted by Crippen LogP contribution is -2.44.